The second kappa shape index (κ2) is 5.70. The van der Waals surface area contributed by atoms with Gasteiger partial charge in [-0.3, -0.25) is 4.98 Å². The molecule has 0 spiro atoms. The molecule has 0 aliphatic rings. The quantitative estimate of drug-likeness (QED) is 0.886. The van der Waals surface area contributed by atoms with Crippen molar-refractivity contribution in [1.82, 2.24) is 4.98 Å². The van der Waals surface area contributed by atoms with Crippen LogP contribution >= 0.6 is 15.9 Å². The number of rotatable bonds is 4. The predicted octanol–water partition coefficient (Wildman–Crippen LogP) is 4.69. The average molecular weight is 307 g/mol. The molecular weight excluding hydrogens is 288 g/mol. The molecule has 0 bridgehead atoms. The molecule has 18 heavy (non-hydrogen) atoms. The molecule has 0 saturated carbocycles. The van der Waals surface area contributed by atoms with Crippen molar-refractivity contribution in [2.24, 2.45) is 0 Å². The summed E-state index contributed by atoms with van der Waals surface area (Å²) in [6, 6.07) is 6.39. The maximum Gasteiger partial charge on any atom is 0.0766 e. The third-order valence-corrected chi connectivity index (χ3v) is 3.70. The van der Waals surface area contributed by atoms with Crippen LogP contribution in [0.15, 0.2) is 22.7 Å². The normalized spacial score (nSPS) is 10.9. The third kappa shape index (κ3) is 2.51. The number of anilines is 1. The fourth-order valence-electron chi connectivity index (χ4n) is 2.20. The van der Waals surface area contributed by atoms with Gasteiger partial charge in [0.15, 0.2) is 0 Å². The van der Waals surface area contributed by atoms with E-state index >= 15 is 0 Å². The Hall–Kier alpha value is -1.09. The minimum absolute atomic E-state index is 0.922. The summed E-state index contributed by atoms with van der Waals surface area (Å²) in [5.41, 5.74) is 4.68. The van der Waals surface area contributed by atoms with Gasteiger partial charge >= 0.3 is 0 Å². The van der Waals surface area contributed by atoms with Gasteiger partial charge in [0.25, 0.3) is 0 Å². The Kier molecular flexibility index (Phi) is 4.23. The number of aromatic nitrogens is 1. The van der Waals surface area contributed by atoms with E-state index in [1.807, 2.05) is 0 Å². The van der Waals surface area contributed by atoms with Crippen molar-refractivity contribution < 1.29 is 0 Å². The first kappa shape index (κ1) is 13.3. The second-order valence-electron chi connectivity index (χ2n) is 4.53. The lowest BCUT2D eigenvalue weighted by atomic mass is 10.1. The van der Waals surface area contributed by atoms with E-state index in [2.05, 4.69) is 60.2 Å². The van der Waals surface area contributed by atoms with Crippen LogP contribution in [0.2, 0.25) is 0 Å². The number of fused-ring (bicyclic) bond motifs is 1. The molecule has 0 aliphatic carbocycles. The summed E-state index contributed by atoms with van der Waals surface area (Å²) in [4.78, 5) is 4.80. The van der Waals surface area contributed by atoms with Crippen LogP contribution < -0.4 is 5.32 Å². The molecule has 0 amide bonds. The first-order valence-electron chi connectivity index (χ1n) is 6.50. The summed E-state index contributed by atoms with van der Waals surface area (Å²) in [6.07, 6.45) is 2.15. The summed E-state index contributed by atoms with van der Waals surface area (Å²) in [6.45, 7) is 7.35. The van der Waals surface area contributed by atoms with Crippen molar-refractivity contribution in [1.29, 1.82) is 0 Å². The predicted molar refractivity (Wildman–Crippen MR) is 82.3 cm³/mol. The number of hydrogen-bond donors (Lipinski definition) is 1. The Bertz CT molecular complexity index is 564. The average Bonchev–Trinajstić information content (AvgIpc) is 2.34. The van der Waals surface area contributed by atoms with Crippen molar-refractivity contribution in [3.05, 3.63) is 33.9 Å². The molecule has 3 heteroatoms. The molecule has 2 aromatic rings. The maximum absolute atomic E-state index is 4.80. The number of nitrogens with one attached hydrogen (secondary N) is 1. The Morgan fingerprint density at radius 1 is 1.28 bits per heavy atom. The number of halogens is 1. The fourth-order valence-corrected chi connectivity index (χ4v) is 2.73. The van der Waals surface area contributed by atoms with Crippen LogP contribution in [0.3, 0.4) is 0 Å². The van der Waals surface area contributed by atoms with E-state index in [1.54, 1.807) is 0 Å². The van der Waals surface area contributed by atoms with Crippen molar-refractivity contribution in [2.75, 3.05) is 11.9 Å². The summed E-state index contributed by atoms with van der Waals surface area (Å²) in [5, 5.41) is 4.64. The summed E-state index contributed by atoms with van der Waals surface area (Å²) in [5.74, 6) is 0. The zero-order valence-electron chi connectivity index (χ0n) is 11.2. The molecule has 0 saturated heterocycles. The van der Waals surface area contributed by atoms with Gasteiger partial charge in [-0.05, 0) is 38.0 Å². The topological polar surface area (TPSA) is 24.9 Å². The minimum atomic E-state index is 0.922. The van der Waals surface area contributed by atoms with E-state index in [-0.39, 0.29) is 0 Å². The van der Waals surface area contributed by atoms with Gasteiger partial charge in [-0.1, -0.05) is 35.3 Å². The molecule has 1 heterocycles. The van der Waals surface area contributed by atoms with Crippen molar-refractivity contribution in [3.63, 3.8) is 0 Å². The standard InChI is InChI=1S/C15H19BrN2/c1-4-6-11-9-13(17-5-2)14-12(16)8-7-10(3)15(14)18-11/h7-9H,4-6H2,1-3H3,(H,17,18). The SMILES string of the molecule is CCCc1cc(NCC)c2c(Br)ccc(C)c2n1. The molecule has 2 nitrogen and oxygen atoms in total. The van der Waals surface area contributed by atoms with E-state index in [1.165, 1.54) is 22.3 Å². The highest BCUT2D eigenvalue weighted by atomic mass is 79.9. The van der Waals surface area contributed by atoms with E-state index in [4.69, 9.17) is 4.98 Å². The van der Waals surface area contributed by atoms with Gasteiger partial charge in [0.1, 0.15) is 0 Å². The Balaban J connectivity index is 2.72. The van der Waals surface area contributed by atoms with Gasteiger partial charge in [-0.2, -0.15) is 0 Å². The van der Waals surface area contributed by atoms with Gasteiger partial charge in [0.2, 0.25) is 0 Å². The van der Waals surface area contributed by atoms with E-state index in [0.29, 0.717) is 0 Å². The highest BCUT2D eigenvalue weighted by Crippen LogP contribution is 2.32. The Morgan fingerprint density at radius 3 is 2.72 bits per heavy atom. The summed E-state index contributed by atoms with van der Waals surface area (Å²) >= 11 is 3.64. The zero-order valence-corrected chi connectivity index (χ0v) is 12.8. The number of nitrogens with zero attached hydrogens (tertiary/aromatic N) is 1. The highest BCUT2D eigenvalue weighted by Gasteiger charge is 2.10. The van der Waals surface area contributed by atoms with Crippen molar-refractivity contribution >= 4 is 32.5 Å². The van der Waals surface area contributed by atoms with Crippen LogP contribution in [0.25, 0.3) is 10.9 Å². The van der Waals surface area contributed by atoms with Crippen LogP contribution in [-0.4, -0.2) is 11.5 Å². The van der Waals surface area contributed by atoms with Gasteiger partial charge in [0, 0.05) is 27.8 Å². The monoisotopic (exact) mass is 306 g/mol. The zero-order chi connectivity index (χ0) is 13.1. The van der Waals surface area contributed by atoms with Gasteiger partial charge in [-0.25, -0.2) is 0 Å². The van der Waals surface area contributed by atoms with Gasteiger partial charge in [0.05, 0.1) is 5.52 Å². The lowest BCUT2D eigenvalue weighted by molar-refractivity contribution is 0.889. The molecule has 0 fully saturated rings. The Labute approximate surface area is 117 Å². The minimum Gasteiger partial charge on any atom is -0.385 e. The maximum atomic E-state index is 4.80. The van der Waals surface area contributed by atoms with Gasteiger partial charge < -0.3 is 5.32 Å². The van der Waals surface area contributed by atoms with E-state index in [9.17, 15) is 0 Å². The van der Waals surface area contributed by atoms with Crippen LogP contribution in [-0.2, 0) is 6.42 Å². The molecule has 0 unspecified atom stereocenters. The van der Waals surface area contributed by atoms with Crippen LogP contribution in [0, 0.1) is 6.92 Å². The number of benzene rings is 1. The molecule has 0 atom stereocenters. The van der Waals surface area contributed by atoms with Crippen molar-refractivity contribution in [3.8, 4) is 0 Å². The van der Waals surface area contributed by atoms with E-state index < -0.39 is 0 Å². The Morgan fingerprint density at radius 2 is 2.06 bits per heavy atom. The summed E-state index contributed by atoms with van der Waals surface area (Å²) in [7, 11) is 0. The first-order valence-corrected chi connectivity index (χ1v) is 7.29. The van der Waals surface area contributed by atoms with Crippen LogP contribution in [0.5, 0.6) is 0 Å². The molecule has 1 N–H and O–H groups in total. The molecule has 0 radical (unpaired) electrons. The van der Waals surface area contributed by atoms with Crippen molar-refractivity contribution in [2.45, 2.75) is 33.6 Å². The molecule has 0 aliphatic heterocycles. The molecule has 1 aromatic heterocycles. The first-order chi connectivity index (χ1) is 8.67. The third-order valence-electron chi connectivity index (χ3n) is 3.04. The molecular formula is C15H19BrN2. The molecule has 2 rings (SSSR count). The summed E-state index contributed by atoms with van der Waals surface area (Å²) < 4.78 is 1.11. The smallest absolute Gasteiger partial charge is 0.0766 e. The number of aryl methyl sites for hydroxylation is 2. The largest absolute Gasteiger partial charge is 0.385 e. The van der Waals surface area contributed by atoms with E-state index in [0.717, 1.165) is 29.4 Å². The van der Waals surface area contributed by atoms with Gasteiger partial charge in [-0.15, -0.1) is 0 Å². The lowest BCUT2D eigenvalue weighted by Crippen LogP contribution is -2.02. The molecule has 1 aromatic carbocycles. The fraction of sp³-hybridized carbons (Fsp3) is 0.400. The molecule has 96 valence electrons. The number of pyridine rings is 1. The highest BCUT2D eigenvalue weighted by molar-refractivity contribution is 9.10. The lowest BCUT2D eigenvalue weighted by Gasteiger charge is -2.13. The second-order valence-corrected chi connectivity index (χ2v) is 5.38. The van der Waals surface area contributed by atoms with Crippen LogP contribution in [0.4, 0.5) is 5.69 Å². The van der Waals surface area contributed by atoms with Crippen LogP contribution in [0.1, 0.15) is 31.5 Å². The number of hydrogen-bond acceptors (Lipinski definition) is 2.